The van der Waals surface area contributed by atoms with Gasteiger partial charge in [0.15, 0.2) is 6.29 Å². The smallest absolute Gasteiger partial charge is 0.280 e. The van der Waals surface area contributed by atoms with E-state index >= 15 is 0 Å². The van der Waals surface area contributed by atoms with Gasteiger partial charge in [0.1, 0.15) is 11.6 Å². The summed E-state index contributed by atoms with van der Waals surface area (Å²) in [5, 5.41) is 13.2. The van der Waals surface area contributed by atoms with E-state index in [9.17, 15) is 29.3 Å². The van der Waals surface area contributed by atoms with Crippen LogP contribution in [-0.4, -0.2) is 46.9 Å². The summed E-state index contributed by atoms with van der Waals surface area (Å²) in [6.07, 6.45) is 1.14. The van der Waals surface area contributed by atoms with Crippen LogP contribution in [0, 0.1) is 10.1 Å². The summed E-state index contributed by atoms with van der Waals surface area (Å²) in [5.41, 5.74) is -0.987. The molecule has 3 amide bonds. The van der Waals surface area contributed by atoms with Gasteiger partial charge in [-0.05, 0) is 18.9 Å². The van der Waals surface area contributed by atoms with E-state index in [-0.39, 0.29) is 30.3 Å². The van der Waals surface area contributed by atoms with Crippen molar-refractivity contribution >= 4 is 29.7 Å². The van der Waals surface area contributed by atoms with Crippen molar-refractivity contribution in [2.24, 2.45) is 0 Å². The molecule has 1 aliphatic rings. The largest absolute Gasteiger partial charge is 0.330 e. The molecule has 1 aliphatic heterocycles. The fourth-order valence-corrected chi connectivity index (χ4v) is 2.59. The summed E-state index contributed by atoms with van der Waals surface area (Å²) >= 11 is 0. The molecule has 0 aliphatic carbocycles. The molecule has 1 atom stereocenters. The maximum absolute atomic E-state index is 12.6. The Hall–Kier alpha value is -3.10. The average Bonchev–Trinajstić information content (AvgIpc) is 2.72. The number of hydrogen-bond acceptors (Lipinski definition) is 6. The van der Waals surface area contributed by atoms with Crippen LogP contribution in [0.3, 0.4) is 0 Å². The zero-order valence-corrected chi connectivity index (χ0v) is 12.9. The summed E-state index contributed by atoms with van der Waals surface area (Å²) in [6.45, 7) is 0. The van der Waals surface area contributed by atoms with E-state index in [2.05, 4.69) is 5.32 Å². The molecule has 0 bridgehead atoms. The van der Waals surface area contributed by atoms with E-state index in [0.29, 0.717) is 6.42 Å². The fraction of sp³-hybridized carbons (Fsp3) is 0.333. The first-order chi connectivity index (χ1) is 11.4. The van der Waals surface area contributed by atoms with Crippen LogP contribution in [0.4, 0.5) is 5.69 Å². The van der Waals surface area contributed by atoms with Gasteiger partial charge in [0, 0.05) is 19.5 Å². The molecular weight excluding hydrogens is 318 g/mol. The zero-order valence-electron chi connectivity index (χ0n) is 12.9. The molecule has 2 rings (SSSR count). The van der Waals surface area contributed by atoms with Crippen molar-refractivity contribution in [3.05, 3.63) is 39.4 Å². The highest BCUT2D eigenvalue weighted by atomic mass is 16.6. The normalized spacial score (nSPS) is 17.6. The van der Waals surface area contributed by atoms with Crippen LogP contribution in [0.25, 0.3) is 0 Å². The van der Waals surface area contributed by atoms with Crippen LogP contribution in [-0.2, 0) is 9.59 Å². The first-order valence-corrected chi connectivity index (χ1v) is 7.20. The Morgan fingerprint density at radius 2 is 2.12 bits per heavy atom. The number of aldehydes is 1. The summed E-state index contributed by atoms with van der Waals surface area (Å²) in [5.74, 6) is -1.71. The zero-order chi connectivity index (χ0) is 17.9. The molecular formula is C15H15N3O6. The third-order valence-corrected chi connectivity index (χ3v) is 3.86. The second-order valence-corrected chi connectivity index (χ2v) is 5.35. The summed E-state index contributed by atoms with van der Waals surface area (Å²) in [4.78, 5) is 58.6. The van der Waals surface area contributed by atoms with Crippen molar-refractivity contribution in [3.63, 3.8) is 0 Å². The molecule has 0 spiro atoms. The highest BCUT2D eigenvalue weighted by molar-refractivity contribution is 6.06. The fourth-order valence-electron chi connectivity index (χ4n) is 2.59. The molecule has 1 unspecified atom stereocenters. The van der Waals surface area contributed by atoms with E-state index < -0.39 is 34.4 Å². The first kappa shape index (κ1) is 17.3. The van der Waals surface area contributed by atoms with Crippen LogP contribution in [0.1, 0.15) is 40.0 Å². The predicted molar refractivity (Wildman–Crippen MR) is 81.4 cm³/mol. The minimum atomic E-state index is -0.886. The SMILES string of the molecule is CN(C(=O)c1cccc([N+](=O)[O-])c1C=O)C1CCCC(=O)NC1=O. The van der Waals surface area contributed by atoms with Gasteiger partial charge in [-0.25, -0.2) is 0 Å². The molecule has 1 saturated heterocycles. The molecule has 24 heavy (non-hydrogen) atoms. The number of hydrogen-bond donors (Lipinski definition) is 1. The van der Waals surface area contributed by atoms with Crippen molar-refractivity contribution in [2.75, 3.05) is 7.05 Å². The molecule has 1 N–H and O–H groups in total. The van der Waals surface area contributed by atoms with Gasteiger partial charge < -0.3 is 4.90 Å². The number of nitro benzene ring substituents is 1. The lowest BCUT2D eigenvalue weighted by molar-refractivity contribution is -0.385. The molecule has 126 valence electrons. The second-order valence-electron chi connectivity index (χ2n) is 5.35. The minimum Gasteiger partial charge on any atom is -0.330 e. The lowest BCUT2D eigenvalue weighted by atomic mass is 10.0. The lowest BCUT2D eigenvalue weighted by Crippen LogP contribution is -2.47. The second kappa shape index (κ2) is 6.99. The van der Waals surface area contributed by atoms with Gasteiger partial charge in [0.25, 0.3) is 11.6 Å². The Labute approximate surface area is 136 Å². The molecule has 0 radical (unpaired) electrons. The summed E-state index contributed by atoms with van der Waals surface area (Å²) in [7, 11) is 1.36. The van der Waals surface area contributed by atoms with Gasteiger partial charge in [-0.3, -0.25) is 34.6 Å². The maximum atomic E-state index is 12.6. The highest BCUT2D eigenvalue weighted by Gasteiger charge is 2.32. The van der Waals surface area contributed by atoms with Gasteiger partial charge >= 0.3 is 0 Å². The number of imide groups is 1. The maximum Gasteiger partial charge on any atom is 0.280 e. The molecule has 1 fully saturated rings. The third-order valence-electron chi connectivity index (χ3n) is 3.86. The number of nitrogens with zero attached hydrogens (tertiary/aromatic N) is 2. The van der Waals surface area contributed by atoms with Crippen LogP contribution < -0.4 is 5.32 Å². The monoisotopic (exact) mass is 333 g/mol. The molecule has 1 aromatic carbocycles. The molecule has 9 nitrogen and oxygen atoms in total. The number of carbonyl (C=O) groups excluding carboxylic acids is 4. The summed E-state index contributed by atoms with van der Waals surface area (Å²) < 4.78 is 0. The van der Waals surface area contributed by atoms with Crippen LogP contribution in [0.2, 0.25) is 0 Å². The predicted octanol–water partition coefficient (Wildman–Crippen LogP) is 0.675. The van der Waals surface area contributed by atoms with Gasteiger partial charge in [0.05, 0.1) is 10.5 Å². The third kappa shape index (κ3) is 3.29. The number of benzene rings is 1. The van der Waals surface area contributed by atoms with Crippen molar-refractivity contribution in [2.45, 2.75) is 25.3 Å². The van der Waals surface area contributed by atoms with E-state index in [1.165, 1.54) is 19.2 Å². The Morgan fingerprint density at radius 1 is 1.42 bits per heavy atom. The topological polar surface area (TPSA) is 127 Å². The van der Waals surface area contributed by atoms with E-state index in [0.717, 1.165) is 11.0 Å². The van der Waals surface area contributed by atoms with Crippen LogP contribution in [0.5, 0.6) is 0 Å². The quantitative estimate of drug-likeness (QED) is 0.373. The van der Waals surface area contributed by atoms with E-state index in [4.69, 9.17) is 0 Å². The van der Waals surface area contributed by atoms with Gasteiger partial charge in [-0.15, -0.1) is 0 Å². The van der Waals surface area contributed by atoms with Crippen molar-refractivity contribution in [3.8, 4) is 0 Å². The Balaban J connectivity index is 2.36. The van der Waals surface area contributed by atoms with E-state index in [1.54, 1.807) is 0 Å². The van der Waals surface area contributed by atoms with Gasteiger partial charge in [-0.1, -0.05) is 6.07 Å². The number of carbonyl (C=O) groups is 4. The Morgan fingerprint density at radius 3 is 2.75 bits per heavy atom. The van der Waals surface area contributed by atoms with E-state index in [1.807, 2.05) is 0 Å². The Kier molecular flexibility index (Phi) is 5.02. The van der Waals surface area contributed by atoms with Crippen LogP contribution in [0.15, 0.2) is 18.2 Å². The number of amides is 3. The molecule has 1 aromatic rings. The standard InChI is InChI=1S/C15H15N3O6/c1-17(12-6-3-7-13(20)16-14(12)21)15(22)9-4-2-5-11(18(23)24)10(9)8-19/h2,4-5,8,12H,3,6-7H2,1H3,(H,16,20,21). The van der Waals surface area contributed by atoms with Crippen molar-refractivity contribution in [1.29, 1.82) is 0 Å². The van der Waals surface area contributed by atoms with Crippen LogP contribution >= 0.6 is 0 Å². The number of nitro groups is 1. The van der Waals surface area contributed by atoms with Gasteiger partial charge in [-0.2, -0.15) is 0 Å². The first-order valence-electron chi connectivity index (χ1n) is 7.20. The van der Waals surface area contributed by atoms with Crippen molar-refractivity contribution in [1.82, 2.24) is 10.2 Å². The summed E-state index contributed by atoms with van der Waals surface area (Å²) in [6, 6.07) is 2.82. The molecule has 9 heteroatoms. The highest BCUT2D eigenvalue weighted by Crippen LogP contribution is 2.23. The van der Waals surface area contributed by atoms with Gasteiger partial charge in [0.2, 0.25) is 11.8 Å². The molecule has 0 saturated carbocycles. The van der Waals surface area contributed by atoms with Crippen molar-refractivity contribution < 1.29 is 24.1 Å². The minimum absolute atomic E-state index is 0.162. The number of likely N-dealkylation sites (N-methyl/N-ethyl adjacent to an activating group) is 1. The lowest BCUT2D eigenvalue weighted by Gasteiger charge is -2.26. The average molecular weight is 333 g/mol. The molecule has 0 aromatic heterocycles. The number of nitrogens with one attached hydrogen (secondary N) is 1. The Bertz CT molecular complexity index is 730. The molecule has 1 heterocycles. The number of rotatable bonds is 4.